The molecule has 2 aromatic rings. The number of rotatable bonds is 9. The Morgan fingerprint density at radius 2 is 1.79 bits per heavy atom. The first-order chi connectivity index (χ1) is 14.1. The molecule has 0 aromatic heterocycles. The van der Waals surface area contributed by atoms with Crippen LogP contribution in [0.3, 0.4) is 0 Å². The Kier molecular flexibility index (Phi) is 7.56. The third-order valence-electron chi connectivity index (χ3n) is 5.93. The number of amides is 1. The first-order valence-corrected chi connectivity index (χ1v) is 10.8. The fourth-order valence-corrected chi connectivity index (χ4v) is 3.94. The van der Waals surface area contributed by atoms with Crippen LogP contribution in [0.1, 0.15) is 57.1 Å². The van der Waals surface area contributed by atoms with Gasteiger partial charge in [-0.1, -0.05) is 56.2 Å². The molecular formula is C25H33NO3. The number of carbonyl (C=O) groups excluding carboxylic acids is 1. The molecule has 1 saturated carbocycles. The topological polar surface area (TPSA) is 38.8 Å². The second-order valence-corrected chi connectivity index (χ2v) is 7.96. The number of nitrogens with zero attached hydrogens (tertiary/aromatic N) is 1. The molecule has 2 aromatic carbocycles. The SMILES string of the molecule is CCC(C)N(Cc1ccc(OCc2ccccc2)c(OC)c1)C(=O)C1CCCC1. The Labute approximate surface area is 174 Å². The predicted octanol–water partition coefficient (Wildman–Crippen LogP) is 5.59. The Hall–Kier alpha value is -2.49. The molecule has 0 bridgehead atoms. The molecule has 0 heterocycles. The van der Waals surface area contributed by atoms with Crippen LogP contribution in [0.5, 0.6) is 11.5 Å². The van der Waals surface area contributed by atoms with Crippen molar-refractivity contribution in [2.45, 2.75) is 65.1 Å². The Bertz CT molecular complexity index is 784. The van der Waals surface area contributed by atoms with Crippen molar-refractivity contribution in [3.8, 4) is 11.5 Å². The number of carbonyl (C=O) groups is 1. The van der Waals surface area contributed by atoms with Gasteiger partial charge in [-0.3, -0.25) is 4.79 Å². The molecule has 0 saturated heterocycles. The van der Waals surface area contributed by atoms with E-state index in [-0.39, 0.29) is 12.0 Å². The Morgan fingerprint density at radius 3 is 2.45 bits per heavy atom. The molecule has 0 N–H and O–H groups in total. The standard InChI is InChI=1S/C25H33NO3/c1-4-19(2)26(25(27)22-12-8-9-13-22)17-21-14-15-23(24(16-21)28-3)29-18-20-10-6-5-7-11-20/h5-7,10-11,14-16,19,22H,4,8-9,12-13,17-18H2,1-3H3. The van der Waals surface area contributed by atoms with E-state index >= 15 is 0 Å². The summed E-state index contributed by atoms with van der Waals surface area (Å²) in [7, 11) is 1.66. The van der Waals surface area contributed by atoms with Crippen LogP contribution in [0, 0.1) is 5.92 Å². The zero-order valence-electron chi connectivity index (χ0n) is 17.9. The molecule has 1 fully saturated rings. The van der Waals surface area contributed by atoms with Gasteiger partial charge in [0.05, 0.1) is 7.11 Å². The molecule has 3 rings (SSSR count). The summed E-state index contributed by atoms with van der Waals surface area (Å²) in [5, 5.41) is 0. The van der Waals surface area contributed by atoms with E-state index in [0.717, 1.165) is 36.1 Å². The summed E-state index contributed by atoms with van der Waals surface area (Å²) in [6, 6.07) is 16.3. The van der Waals surface area contributed by atoms with Gasteiger partial charge in [-0.2, -0.15) is 0 Å². The minimum Gasteiger partial charge on any atom is -0.493 e. The van der Waals surface area contributed by atoms with E-state index in [1.54, 1.807) is 7.11 Å². The van der Waals surface area contributed by atoms with Crippen molar-refractivity contribution >= 4 is 5.91 Å². The van der Waals surface area contributed by atoms with Crippen molar-refractivity contribution in [1.82, 2.24) is 4.90 Å². The monoisotopic (exact) mass is 395 g/mol. The van der Waals surface area contributed by atoms with Crippen molar-refractivity contribution in [3.05, 3.63) is 59.7 Å². The fraction of sp³-hybridized carbons (Fsp3) is 0.480. The summed E-state index contributed by atoms with van der Waals surface area (Å²) in [4.78, 5) is 15.2. The summed E-state index contributed by atoms with van der Waals surface area (Å²) in [5.74, 6) is 1.92. The molecule has 1 aliphatic carbocycles. The largest absolute Gasteiger partial charge is 0.493 e. The van der Waals surface area contributed by atoms with Gasteiger partial charge in [0.15, 0.2) is 11.5 Å². The summed E-state index contributed by atoms with van der Waals surface area (Å²) in [6.07, 6.45) is 5.36. The van der Waals surface area contributed by atoms with E-state index in [2.05, 4.69) is 18.7 Å². The lowest BCUT2D eigenvalue weighted by Gasteiger charge is -2.31. The van der Waals surface area contributed by atoms with Gasteiger partial charge in [0.25, 0.3) is 0 Å². The maximum absolute atomic E-state index is 13.1. The van der Waals surface area contributed by atoms with Gasteiger partial charge in [-0.15, -0.1) is 0 Å². The van der Waals surface area contributed by atoms with Crippen LogP contribution in [0.2, 0.25) is 0 Å². The zero-order chi connectivity index (χ0) is 20.6. The van der Waals surface area contributed by atoms with Crippen molar-refractivity contribution in [2.24, 2.45) is 5.92 Å². The summed E-state index contributed by atoms with van der Waals surface area (Å²) in [6.45, 7) is 5.39. The highest BCUT2D eigenvalue weighted by molar-refractivity contribution is 5.79. The Balaban J connectivity index is 1.72. The molecule has 4 heteroatoms. The molecule has 4 nitrogen and oxygen atoms in total. The molecule has 29 heavy (non-hydrogen) atoms. The highest BCUT2D eigenvalue weighted by Gasteiger charge is 2.29. The highest BCUT2D eigenvalue weighted by atomic mass is 16.5. The fourth-order valence-electron chi connectivity index (χ4n) is 3.94. The van der Waals surface area contributed by atoms with Crippen LogP contribution in [0.25, 0.3) is 0 Å². The second-order valence-electron chi connectivity index (χ2n) is 7.96. The van der Waals surface area contributed by atoms with Gasteiger partial charge < -0.3 is 14.4 Å². The highest BCUT2D eigenvalue weighted by Crippen LogP contribution is 2.31. The van der Waals surface area contributed by atoms with Gasteiger partial charge >= 0.3 is 0 Å². The molecule has 1 atom stereocenters. The summed E-state index contributed by atoms with van der Waals surface area (Å²) in [5.41, 5.74) is 2.18. The van der Waals surface area contributed by atoms with Gasteiger partial charge in [0, 0.05) is 18.5 Å². The van der Waals surface area contributed by atoms with Crippen LogP contribution in [0.4, 0.5) is 0 Å². The molecule has 0 aliphatic heterocycles. The quantitative estimate of drug-likeness (QED) is 0.555. The minimum absolute atomic E-state index is 0.194. The molecule has 1 unspecified atom stereocenters. The number of methoxy groups -OCH3 is 1. The normalized spacial score (nSPS) is 15.1. The third-order valence-corrected chi connectivity index (χ3v) is 5.93. The van der Waals surface area contributed by atoms with Crippen LogP contribution >= 0.6 is 0 Å². The smallest absolute Gasteiger partial charge is 0.226 e. The second kappa shape index (κ2) is 10.3. The first-order valence-electron chi connectivity index (χ1n) is 10.8. The molecule has 156 valence electrons. The van der Waals surface area contributed by atoms with E-state index < -0.39 is 0 Å². The molecular weight excluding hydrogens is 362 g/mol. The first kappa shape index (κ1) is 21.2. The van der Waals surface area contributed by atoms with Crippen molar-refractivity contribution in [2.75, 3.05) is 7.11 Å². The number of hydrogen-bond acceptors (Lipinski definition) is 3. The van der Waals surface area contributed by atoms with Gasteiger partial charge in [-0.05, 0) is 49.4 Å². The van der Waals surface area contributed by atoms with Crippen molar-refractivity contribution < 1.29 is 14.3 Å². The van der Waals surface area contributed by atoms with E-state index in [9.17, 15) is 4.79 Å². The maximum atomic E-state index is 13.1. The average Bonchev–Trinajstić information content (AvgIpc) is 3.31. The predicted molar refractivity (Wildman–Crippen MR) is 116 cm³/mol. The molecule has 0 radical (unpaired) electrons. The van der Waals surface area contributed by atoms with Gasteiger partial charge in [-0.25, -0.2) is 0 Å². The zero-order valence-corrected chi connectivity index (χ0v) is 17.9. The van der Waals surface area contributed by atoms with E-state index in [0.29, 0.717) is 24.8 Å². The average molecular weight is 396 g/mol. The number of benzene rings is 2. The number of hydrogen-bond donors (Lipinski definition) is 0. The van der Waals surface area contributed by atoms with Crippen molar-refractivity contribution in [1.29, 1.82) is 0 Å². The van der Waals surface area contributed by atoms with E-state index in [4.69, 9.17) is 9.47 Å². The summed E-state index contributed by atoms with van der Waals surface area (Å²) < 4.78 is 11.5. The summed E-state index contributed by atoms with van der Waals surface area (Å²) >= 11 is 0. The maximum Gasteiger partial charge on any atom is 0.226 e. The Morgan fingerprint density at radius 1 is 1.07 bits per heavy atom. The van der Waals surface area contributed by atoms with Crippen LogP contribution in [0.15, 0.2) is 48.5 Å². The molecule has 1 aliphatic rings. The minimum atomic E-state index is 0.194. The van der Waals surface area contributed by atoms with E-state index in [1.165, 1.54) is 12.8 Å². The van der Waals surface area contributed by atoms with Crippen LogP contribution in [-0.2, 0) is 17.9 Å². The van der Waals surface area contributed by atoms with E-state index in [1.807, 2.05) is 48.5 Å². The molecule has 0 spiro atoms. The molecule has 1 amide bonds. The van der Waals surface area contributed by atoms with Crippen molar-refractivity contribution in [3.63, 3.8) is 0 Å². The lowest BCUT2D eigenvalue weighted by Crippen LogP contribution is -2.40. The van der Waals surface area contributed by atoms with Crippen LogP contribution in [-0.4, -0.2) is 24.0 Å². The lowest BCUT2D eigenvalue weighted by atomic mass is 10.0. The van der Waals surface area contributed by atoms with Gasteiger partial charge in [0.2, 0.25) is 5.91 Å². The van der Waals surface area contributed by atoms with Crippen LogP contribution < -0.4 is 9.47 Å². The van der Waals surface area contributed by atoms with Gasteiger partial charge in [0.1, 0.15) is 6.61 Å². The third kappa shape index (κ3) is 5.53. The lowest BCUT2D eigenvalue weighted by molar-refractivity contribution is -0.138. The number of ether oxygens (including phenoxy) is 2.